The molecule has 0 unspecified atom stereocenters. The van der Waals surface area contributed by atoms with Gasteiger partial charge in [0.2, 0.25) is 28.6 Å². The third kappa shape index (κ3) is 7.23. The Bertz CT molecular complexity index is 1280. The zero-order valence-corrected chi connectivity index (χ0v) is 23.8. The number of rotatable bonds is 12. The summed E-state index contributed by atoms with van der Waals surface area (Å²) in [4.78, 5) is 28.7. The number of hydrogen-bond acceptors (Lipinski definition) is 6. The summed E-state index contributed by atoms with van der Waals surface area (Å²) >= 11 is 0. The van der Waals surface area contributed by atoms with Gasteiger partial charge in [0.05, 0.1) is 11.9 Å². The van der Waals surface area contributed by atoms with Crippen LogP contribution in [0.25, 0.3) is 0 Å². The molecule has 0 spiro atoms. The average Bonchev–Trinajstić information content (AvgIpc) is 3.58. The van der Waals surface area contributed by atoms with E-state index in [1.165, 1.54) is 4.31 Å². The molecule has 2 aromatic rings. The molecule has 4 rings (SSSR count). The molecule has 0 radical (unpaired) electrons. The van der Waals surface area contributed by atoms with Crippen molar-refractivity contribution < 1.29 is 27.5 Å². The van der Waals surface area contributed by atoms with Crippen LogP contribution in [0.5, 0.6) is 11.5 Å². The molecule has 2 amide bonds. The fourth-order valence-electron chi connectivity index (χ4n) is 5.30. The number of ether oxygens (including phenoxy) is 2. The molecule has 1 N–H and O–H groups in total. The molecule has 212 valence electrons. The fourth-order valence-corrected chi connectivity index (χ4v) is 6.26. The van der Waals surface area contributed by atoms with Crippen LogP contribution in [0.2, 0.25) is 0 Å². The second-order valence-electron chi connectivity index (χ2n) is 10.3. The topological polar surface area (TPSA) is 105 Å². The van der Waals surface area contributed by atoms with E-state index < -0.39 is 16.1 Å². The number of carbonyl (C=O) groups is 2. The Hall–Kier alpha value is -3.27. The van der Waals surface area contributed by atoms with Gasteiger partial charge >= 0.3 is 0 Å². The first-order valence-electron chi connectivity index (χ1n) is 13.7. The van der Waals surface area contributed by atoms with E-state index in [0.29, 0.717) is 36.6 Å². The van der Waals surface area contributed by atoms with Gasteiger partial charge in [-0.1, -0.05) is 44.0 Å². The van der Waals surface area contributed by atoms with Crippen molar-refractivity contribution in [1.29, 1.82) is 0 Å². The van der Waals surface area contributed by atoms with E-state index in [1.807, 2.05) is 38.1 Å². The summed E-state index contributed by atoms with van der Waals surface area (Å²) in [5.74, 6) is 0.756. The minimum absolute atomic E-state index is 0.0931. The zero-order valence-electron chi connectivity index (χ0n) is 23.0. The summed E-state index contributed by atoms with van der Waals surface area (Å²) in [6, 6.07) is 12.4. The van der Waals surface area contributed by atoms with Crippen LogP contribution in [0, 0.1) is 6.92 Å². The highest BCUT2D eigenvalue weighted by Gasteiger charge is 2.31. The van der Waals surface area contributed by atoms with Crippen LogP contribution < -0.4 is 19.1 Å². The van der Waals surface area contributed by atoms with E-state index in [9.17, 15) is 18.0 Å². The number of aryl methyl sites for hydroxylation is 1. The van der Waals surface area contributed by atoms with Crippen molar-refractivity contribution in [2.45, 2.75) is 77.4 Å². The maximum Gasteiger partial charge on any atom is 0.243 e. The minimum Gasteiger partial charge on any atom is -0.454 e. The average molecular weight is 558 g/mol. The van der Waals surface area contributed by atoms with E-state index in [2.05, 4.69) is 5.32 Å². The van der Waals surface area contributed by atoms with Gasteiger partial charge in [-0.25, -0.2) is 8.42 Å². The molecule has 2 aromatic carbocycles. The number of benzene rings is 2. The first-order valence-corrected chi connectivity index (χ1v) is 15.5. The molecule has 0 saturated heterocycles. The SMILES string of the molecule is CC[C@@H](C(=O)NC1CCCC1)N(Cc1ccccc1C)C(=O)CCCN(c1ccc2c(c1)OCO2)S(C)(=O)=O. The molecule has 1 heterocycles. The van der Waals surface area contributed by atoms with Gasteiger partial charge in [0, 0.05) is 31.6 Å². The zero-order chi connectivity index (χ0) is 28.0. The molecular weight excluding hydrogens is 518 g/mol. The van der Waals surface area contributed by atoms with Gasteiger partial charge in [0.25, 0.3) is 0 Å². The Balaban J connectivity index is 1.49. The lowest BCUT2D eigenvalue weighted by Crippen LogP contribution is -2.51. The van der Waals surface area contributed by atoms with Crippen LogP contribution in [0.4, 0.5) is 5.69 Å². The van der Waals surface area contributed by atoms with Gasteiger partial charge in [-0.3, -0.25) is 13.9 Å². The standard InChI is InChI=1S/C29H39N3O6S/c1-4-25(29(34)30-23-12-7-8-13-23)31(19-22-11-6-5-10-21(22)2)28(33)14-9-17-32(39(3,35)36)24-15-16-26-27(18-24)38-20-37-26/h5-6,10-11,15-16,18,23,25H,4,7-9,12-14,17,19-20H2,1-3H3,(H,30,34)/t25-/m0/s1. The van der Waals surface area contributed by atoms with Crippen molar-refractivity contribution in [2.24, 2.45) is 0 Å². The normalized spacial score (nSPS) is 15.7. The molecule has 2 aliphatic rings. The third-order valence-corrected chi connectivity index (χ3v) is 8.68. The van der Waals surface area contributed by atoms with E-state index in [1.54, 1.807) is 23.1 Å². The summed E-state index contributed by atoms with van der Waals surface area (Å²) < 4.78 is 37.3. The van der Waals surface area contributed by atoms with Crippen molar-refractivity contribution in [3.8, 4) is 11.5 Å². The molecule has 1 saturated carbocycles. The maximum atomic E-state index is 13.7. The summed E-state index contributed by atoms with van der Waals surface area (Å²) in [7, 11) is -3.61. The van der Waals surface area contributed by atoms with Crippen LogP contribution in [-0.2, 0) is 26.2 Å². The molecule has 0 aromatic heterocycles. The van der Waals surface area contributed by atoms with E-state index in [0.717, 1.165) is 43.1 Å². The molecule has 10 heteroatoms. The monoisotopic (exact) mass is 557 g/mol. The Morgan fingerprint density at radius 3 is 2.49 bits per heavy atom. The van der Waals surface area contributed by atoms with Crippen LogP contribution in [0.15, 0.2) is 42.5 Å². The first kappa shape index (κ1) is 28.7. The second kappa shape index (κ2) is 12.7. The van der Waals surface area contributed by atoms with Crippen LogP contribution >= 0.6 is 0 Å². The molecule has 39 heavy (non-hydrogen) atoms. The lowest BCUT2D eigenvalue weighted by atomic mass is 10.0. The number of nitrogens with zero attached hydrogens (tertiary/aromatic N) is 2. The number of hydrogen-bond donors (Lipinski definition) is 1. The highest BCUT2D eigenvalue weighted by Crippen LogP contribution is 2.36. The Morgan fingerprint density at radius 1 is 1.08 bits per heavy atom. The highest BCUT2D eigenvalue weighted by atomic mass is 32.2. The molecule has 0 bridgehead atoms. The number of amides is 2. The number of sulfonamides is 1. The second-order valence-corrected chi connectivity index (χ2v) is 12.2. The van der Waals surface area contributed by atoms with Gasteiger partial charge < -0.3 is 19.7 Å². The highest BCUT2D eigenvalue weighted by molar-refractivity contribution is 7.92. The largest absolute Gasteiger partial charge is 0.454 e. The van der Waals surface area contributed by atoms with Crippen molar-refractivity contribution in [3.05, 3.63) is 53.6 Å². The van der Waals surface area contributed by atoms with Crippen molar-refractivity contribution >= 4 is 27.5 Å². The van der Waals surface area contributed by atoms with Gasteiger partial charge in [-0.2, -0.15) is 0 Å². The number of anilines is 1. The summed E-state index contributed by atoms with van der Waals surface area (Å²) in [5.41, 5.74) is 2.48. The van der Waals surface area contributed by atoms with Crippen LogP contribution in [0.1, 0.15) is 63.0 Å². The molecule has 1 aliphatic carbocycles. The molecule has 1 fully saturated rings. The molecule has 1 aliphatic heterocycles. The Labute approximate surface area is 231 Å². The van der Waals surface area contributed by atoms with E-state index >= 15 is 0 Å². The van der Waals surface area contributed by atoms with Gasteiger partial charge in [-0.05, 0) is 55.9 Å². The number of carbonyl (C=O) groups excluding carboxylic acids is 2. The van der Waals surface area contributed by atoms with Crippen LogP contribution in [-0.4, -0.2) is 56.8 Å². The van der Waals surface area contributed by atoms with Crippen molar-refractivity contribution in [2.75, 3.05) is 23.9 Å². The Kier molecular flexibility index (Phi) is 9.37. The quantitative estimate of drug-likeness (QED) is 0.421. The number of fused-ring (bicyclic) bond motifs is 1. The van der Waals surface area contributed by atoms with Crippen molar-refractivity contribution in [3.63, 3.8) is 0 Å². The minimum atomic E-state index is -3.61. The summed E-state index contributed by atoms with van der Waals surface area (Å²) in [6.07, 6.45) is 6.18. The van der Waals surface area contributed by atoms with E-state index in [4.69, 9.17) is 9.47 Å². The fraction of sp³-hybridized carbons (Fsp3) is 0.517. The molecular formula is C29H39N3O6S. The molecule has 9 nitrogen and oxygen atoms in total. The lowest BCUT2D eigenvalue weighted by Gasteiger charge is -2.32. The van der Waals surface area contributed by atoms with Gasteiger partial charge in [0.15, 0.2) is 11.5 Å². The maximum absolute atomic E-state index is 13.7. The summed E-state index contributed by atoms with van der Waals surface area (Å²) in [5, 5.41) is 3.16. The lowest BCUT2D eigenvalue weighted by molar-refractivity contribution is -0.141. The summed E-state index contributed by atoms with van der Waals surface area (Å²) in [6.45, 7) is 4.44. The smallest absolute Gasteiger partial charge is 0.243 e. The third-order valence-electron chi connectivity index (χ3n) is 7.49. The predicted molar refractivity (Wildman–Crippen MR) is 150 cm³/mol. The van der Waals surface area contributed by atoms with Gasteiger partial charge in [0.1, 0.15) is 6.04 Å². The van der Waals surface area contributed by atoms with Crippen LogP contribution in [0.3, 0.4) is 0 Å². The van der Waals surface area contributed by atoms with Gasteiger partial charge in [-0.15, -0.1) is 0 Å². The first-order chi connectivity index (χ1) is 18.7. The molecule has 1 atom stereocenters. The predicted octanol–water partition coefficient (Wildman–Crippen LogP) is 4.14. The van der Waals surface area contributed by atoms with Crippen molar-refractivity contribution in [1.82, 2.24) is 10.2 Å². The van der Waals surface area contributed by atoms with E-state index in [-0.39, 0.29) is 37.6 Å². The Morgan fingerprint density at radius 2 is 1.79 bits per heavy atom. The number of nitrogens with one attached hydrogen (secondary N) is 1.